The van der Waals surface area contributed by atoms with Gasteiger partial charge in [0.05, 0.1) is 23.9 Å². The number of alkyl halides is 3. The van der Waals surface area contributed by atoms with Crippen LogP contribution in [0.25, 0.3) is 0 Å². The summed E-state index contributed by atoms with van der Waals surface area (Å²) in [6.45, 7) is -0.864. The summed E-state index contributed by atoms with van der Waals surface area (Å²) < 4.78 is 36.3. The highest BCUT2D eigenvalue weighted by atomic mass is 19.4. The van der Waals surface area contributed by atoms with E-state index in [1.807, 2.05) is 0 Å². The topological polar surface area (TPSA) is 81.2 Å². The monoisotopic (exact) mass is 225 g/mol. The molecule has 0 fully saturated rings. The second-order valence-corrected chi connectivity index (χ2v) is 2.71. The molecule has 0 aliphatic rings. The van der Waals surface area contributed by atoms with E-state index in [2.05, 4.69) is 5.10 Å². The predicted octanol–water partition coefficient (Wildman–Crippen LogP) is 0.714. The summed E-state index contributed by atoms with van der Waals surface area (Å²) in [5.74, 6) is -0.565. The van der Waals surface area contributed by atoms with Crippen LogP contribution in [-0.4, -0.2) is 32.1 Å². The standard InChI is InChI=1S/C6H6F3N3O3/c7-6(8,9)4(13)3-11-2-1-5(10-11)12(14)15/h1-2,4,13H,3H2. The van der Waals surface area contributed by atoms with Gasteiger partial charge in [0.15, 0.2) is 6.10 Å². The molecule has 0 aromatic carbocycles. The second kappa shape index (κ2) is 3.85. The van der Waals surface area contributed by atoms with Crippen LogP contribution in [0.4, 0.5) is 19.0 Å². The van der Waals surface area contributed by atoms with Gasteiger partial charge in [0.2, 0.25) is 0 Å². The summed E-state index contributed by atoms with van der Waals surface area (Å²) in [6, 6.07) is 0.948. The molecule has 1 rings (SSSR count). The van der Waals surface area contributed by atoms with Gasteiger partial charge in [-0.25, -0.2) is 0 Å². The quantitative estimate of drug-likeness (QED) is 0.606. The van der Waals surface area contributed by atoms with E-state index in [0.717, 1.165) is 12.3 Å². The zero-order chi connectivity index (χ0) is 11.6. The molecule has 1 heterocycles. The number of rotatable bonds is 3. The fourth-order valence-electron chi connectivity index (χ4n) is 0.831. The van der Waals surface area contributed by atoms with Crippen molar-refractivity contribution >= 4 is 5.82 Å². The van der Waals surface area contributed by atoms with Crippen LogP contribution >= 0.6 is 0 Å². The maximum absolute atomic E-state index is 11.9. The van der Waals surface area contributed by atoms with Crippen LogP contribution in [0.3, 0.4) is 0 Å². The van der Waals surface area contributed by atoms with Crippen LogP contribution in [0.5, 0.6) is 0 Å². The highest BCUT2D eigenvalue weighted by molar-refractivity contribution is 5.13. The Morgan fingerprint density at radius 3 is 2.67 bits per heavy atom. The number of aromatic nitrogens is 2. The van der Waals surface area contributed by atoms with Gasteiger partial charge in [0, 0.05) is 0 Å². The molecule has 84 valence electrons. The van der Waals surface area contributed by atoms with E-state index in [1.165, 1.54) is 0 Å². The van der Waals surface area contributed by atoms with E-state index < -0.39 is 29.6 Å². The second-order valence-electron chi connectivity index (χ2n) is 2.71. The Morgan fingerprint density at radius 2 is 2.27 bits per heavy atom. The van der Waals surface area contributed by atoms with E-state index in [9.17, 15) is 23.3 Å². The average Bonchev–Trinajstić information content (AvgIpc) is 2.50. The van der Waals surface area contributed by atoms with Crippen molar-refractivity contribution in [3.05, 3.63) is 22.4 Å². The average molecular weight is 225 g/mol. The Kier molecular flexibility index (Phi) is 2.93. The highest BCUT2D eigenvalue weighted by Crippen LogP contribution is 2.21. The van der Waals surface area contributed by atoms with Crippen LogP contribution in [0.1, 0.15) is 0 Å². The van der Waals surface area contributed by atoms with E-state index in [0.29, 0.717) is 4.68 Å². The van der Waals surface area contributed by atoms with Gasteiger partial charge in [-0.1, -0.05) is 0 Å². The number of halogens is 3. The fourth-order valence-corrected chi connectivity index (χ4v) is 0.831. The molecule has 1 N–H and O–H groups in total. The molecular weight excluding hydrogens is 219 g/mol. The third-order valence-electron chi connectivity index (χ3n) is 1.55. The van der Waals surface area contributed by atoms with Crippen LogP contribution in [0, 0.1) is 10.1 Å². The van der Waals surface area contributed by atoms with Gasteiger partial charge < -0.3 is 15.2 Å². The van der Waals surface area contributed by atoms with Crippen LogP contribution in [0.2, 0.25) is 0 Å². The Labute approximate surface area is 81.1 Å². The summed E-state index contributed by atoms with van der Waals surface area (Å²) in [6.07, 6.45) is -6.36. The largest absolute Gasteiger partial charge is 0.416 e. The first-order chi connectivity index (χ1) is 6.80. The molecular formula is C6H6F3N3O3. The first-order valence-electron chi connectivity index (χ1n) is 3.73. The maximum atomic E-state index is 11.9. The first-order valence-corrected chi connectivity index (χ1v) is 3.73. The maximum Gasteiger partial charge on any atom is 0.416 e. The van der Waals surface area contributed by atoms with Crippen LogP contribution < -0.4 is 0 Å². The van der Waals surface area contributed by atoms with Gasteiger partial charge >= 0.3 is 12.0 Å². The molecule has 0 aliphatic carbocycles. The van der Waals surface area contributed by atoms with E-state index in [-0.39, 0.29) is 0 Å². The normalized spacial score (nSPS) is 13.9. The number of hydrogen-bond acceptors (Lipinski definition) is 4. The SMILES string of the molecule is O=[N+]([O-])c1ccn(CC(O)C(F)(F)F)n1. The molecule has 1 aromatic heterocycles. The van der Waals surface area contributed by atoms with Crippen molar-refractivity contribution in [1.82, 2.24) is 9.78 Å². The van der Waals surface area contributed by atoms with Crippen molar-refractivity contribution in [2.24, 2.45) is 0 Å². The van der Waals surface area contributed by atoms with Gasteiger partial charge in [-0.3, -0.25) is 0 Å². The lowest BCUT2D eigenvalue weighted by molar-refractivity contribution is -0.389. The minimum absolute atomic E-state index is 0.565. The molecule has 0 saturated heterocycles. The van der Waals surface area contributed by atoms with Gasteiger partial charge in [0.25, 0.3) is 0 Å². The summed E-state index contributed by atoms with van der Waals surface area (Å²) >= 11 is 0. The van der Waals surface area contributed by atoms with E-state index in [1.54, 1.807) is 0 Å². The predicted molar refractivity (Wildman–Crippen MR) is 40.9 cm³/mol. The Morgan fingerprint density at radius 1 is 1.67 bits per heavy atom. The molecule has 0 aliphatic heterocycles. The molecule has 1 aromatic rings. The first kappa shape index (κ1) is 11.4. The van der Waals surface area contributed by atoms with Crippen molar-refractivity contribution in [2.75, 3.05) is 0 Å². The summed E-state index contributed by atoms with van der Waals surface area (Å²) in [4.78, 5) is 9.31. The van der Waals surface area contributed by atoms with Crippen molar-refractivity contribution < 1.29 is 23.2 Å². The summed E-state index contributed by atoms with van der Waals surface area (Å²) in [5, 5.41) is 22.0. The molecule has 1 atom stereocenters. The van der Waals surface area contributed by atoms with E-state index in [4.69, 9.17) is 5.11 Å². The lowest BCUT2D eigenvalue weighted by Gasteiger charge is -2.12. The van der Waals surface area contributed by atoms with Gasteiger partial charge in [0.1, 0.15) is 0 Å². The van der Waals surface area contributed by atoms with Crippen molar-refractivity contribution in [2.45, 2.75) is 18.8 Å². The van der Waals surface area contributed by atoms with Crippen molar-refractivity contribution in [1.29, 1.82) is 0 Å². The lowest BCUT2D eigenvalue weighted by atomic mass is 10.3. The fraction of sp³-hybridized carbons (Fsp3) is 0.500. The van der Waals surface area contributed by atoms with Crippen molar-refractivity contribution in [3.8, 4) is 0 Å². The van der Waals surface area contributed by atoms with Crippen LogP contribution in [0.15, 0.2) is 12.3 Å². The Balaban J connectivity index is 2.69. The zero-order valence-corrected chi connectivity index (χ0v) is 7.18. The molecule has 0 spiro atoms. The highest BCUT2D eigenvalue weighted by Gasteiger charge is 2.39. The summed E-state index contributed by atoms with van der Waals surface area (Å²) in [5.41, 5.74) is 0. The Bertz CT molecular complexity index is 362. The third kappa shape index (κ3) is 2.91. The van der Waals surface area contributed by atoms with E-state index >= 15 is 0 Å². The molecule has 15 heavy (non-hydrogen) atoms. The number of hydrogen-bond donors (Lipinski definition) is 1. The number of aliphatic hydroxyl groups excluding tert-OH is 1. The molecule has 6 nitrogen and oxygen atoms in total. The molecule has 0 amide bonds. The molecule has 1 unspecified atom stereocenters. The number of nitrogens with zero attached hydrogens (tertiary/aromatic N) is 3. The number of nitro groups is 1. The molecule has 0 radical (unpaired) electrons. The zero-order valence-electron chi connectivity index (χ0n) is 7.18. The smallest absolute Gasteiger partial charge is 0.382 e. The van der Waals surface area contributed by atoms with Gasteiger partial charge in [-0.05, 0) is 4.92 Å². The van der Waals surface area contributed by atoms with Gasteiger partial charge in [-0.15, -0.1) is 0 Å². The summed E-state index contributed by atoms with van der Waals surface area (Å²) in [7, 11) is 0. The molecule has 0 saturated carbocycles. The van der Waals surface area contributed by atoms with Gasteiger partial charge in [-0.2, -0.15) is 17.9 Å². The van der Waals surface area contributed by atoms with Crippen LogP contribution in [-0.2, 0) is 6.54 Å². The van der Waals surface area contributed by atoms with Crippen molar-refractivity contribution in [3.63, 3.8) is 0 Å². The molecule has 0 bridgehead atoms. The lowest BCUT2D eigenvalue weighted by Crippen LogP contribution is -2.32. The minimum atomic E-state index is -4.76. The number of aliphatic hydroxyl groups is 1. The minimum Gasteiger partial charge on any atom is -0.382 e. The third-order valence-corrected chi connectivity index (χ3v) is 1.55. The molecule has 9 heteroatoms. The Hall–Kier alpha value is -1.64.